The van der Waals surface area contributed by atoms with Crippen LogP contribution in [0.5, 0.6) is 0 Å². The molecule has 0 bridgehead atoms. The molecule has 0 aliphatic rings. The Hall–Kier alpha value is -0.0800. The van der Waals surface area contributed by atoms with Crippen molar-refractivity contribution in [3.63, 3.8) is 0 Å². The summed E-state index contributed by atoms with van der Waals surface area (Å²) in [4.78, 5) is 0. The molecule has 2 heteroatoms. The molecule has 40 heavy (non-hydrogen) atoms. The number of hydrogen-bond acceptors (Lipinski definition) is 2. The van der Waals surface area contributed by atoms with Crippen LogP contribution in [-0.4, -0.2) is 11.6 Å². The lowest BCUT2D eigenvalue weighted by molar-refractivity contribution is 0.263. The average Bonchev–Trinajstić information content (AvgIpc) is 2.96. The lowest BCUT2D eigenvalue weighted by Crippen LogP contribution is -2.55. The first-order valence-electron chi connectivity index (χ1n) is 19.1. The standard InChI is InChI=1S/C38H80N2/c1-4-7-10-13-16-19-22-25-28-31-34-37(39)38(40,35-32-29-26-23-20-17-14-11-8-5-2)36-33-30-27-24-21-18-15-12-9-6-3/h37H,4-36,39-40H2,1-3H3. The first-order chi connectivity index (χ1) is 19.6. The third-order valence-corrected chi connectivity index (χ3v) is 9.60. The van der Waals surface area contributed by atoms with E-state index >= 15 is 0 Å². The Bertz CT molecular complexity index is 438. The maximum absolute atomic E-state index is 7.15. The Morgan fingerprint density at radius 3 is 0.850 bits per heavy atom. The van der Waals surface area contributed by atoms with E-state index in [2.05, 4.69) is 20.8 Å². The molecule has 0 saturated carbocycles. The summed E-state index contributed by atoms with van der Waals surface area (Å²) in [5.41, 5.74) is 13.9. The van der Waals surface area contributed by atoms with Crippen LogP contribution in [0.4, 0.5) is 0 Å². The van der Waals surface area contributed by atoms with Crippen molar-refractivity contribution in [2.45, 2.75) is 244 Å². The second-order valence-electron chi connectivity index (χ2n) is 13.7. The van der Waals surface area contributed by atoms with E-state index in [9.17, 15) is 0 Å². The van der Waals surface area contributed by atoms with Gasteiger partial charge in [0.05, 0.1) is 0 Å². The highest BCUT2D eigenvalue weighted by Gasteiger charge is 2.30. The minimum absolute atomic E-state index is 0.139. The van der Waals surface area contributed by atoms with Gasteiger partial charge in [-0.05, 0) is 19.3 Å². The highest BCUT2D eigenvalue weighted by atomic mass is 14.9. The van der Waals surface area contributed by atoms with Gasteiger partial charge in [0.2, 0.25) is 0 Å². The van der Waals surface area contributed by atoms with Crippen molar-refractivity contribution in [2.24, 2.45) is 11.5 Å². The Kier molecular flexibility index (Phi) is 31.8. The van der Waals surface area contributed by atoms with E-state index in [0.717, 1.165) is 19.3 Å². The predicted octanol–water partition coefficient (Wildman–Crippen LogP) is 12.9. The van der Waals surface area contributed by atoms with Crippen molar-refractivity contribution in [3.8, 4) is 0 Å². The molecule has 0 amide bonds. The van der Waals surface area contributed by atoms with Gasteiger partial charge >= 0.3 is 0 Å². The molecule has 2 nitrogen and oxygen atoms in total. The van der Waals surface area contributed by atoms with E-state index < -0.39 is 0 Å². The van der Waals surface area contributed by atoms with Gasteiger partial charge in [-0.2, -0.15) is 0 Å². The molecule has 0 aromatic heterocycles. The summed E-state index contributed by atoms with van der Waals surface area (Å²) in [6.45, 7) is 6.91. The van der Waals surface area contributed by atoms with Crippen LogP contribution in [0.1, 0.15) is 233 Å². The molecular formula is C38H80N2. The molecule has 0 fully saturated rings. The molecule has 0 aliphatic heterocycles. The summed E-state index contributed by atoms with van der Waals surface area (Å²) in [6, 6.07) is 0.179. The van der Waals surface area contributed by atoms with E-state index in [0.29, 0.717) is 0 Å². The molecule has 4 N–H and O–H groups in total. The van der Waals surface area contributed by atoms with Crippen molar-refractivity contribution >= 4 is 0 Å². The Balaban J connectivity index is 4.23. The molecule has 0 aromatic carbocycles. The summed E-state index contributed by atoms with van der Waals surface area (Å²) in [5, 5.41) is 0. The van der Waals surface area contributed by atoms with Crippen molar-refractivity contribution in [3.05, 3.63) is 0 Å². The largest absolute Gasteiger partial charge is 0.326 e. The second-order valence-corrected chi connectivity index (χ2v) is 13.7. The van der Waals surface area contributed by atoms with E-state index in [-0.39, 0.29) is 11.6 Å². The molecule has 0 radical (unpaired) electrons. The Morgan fingerprint density at radius 2 is 0.575 bits per heavy atom. The zero-order valence-corrected chi connectivity index (χ0v) is 28.6. The van der Waals surface area contributed by atoms with Gasteiger partial charge in [-0.25, -0.2) is 0 Å². The van der Waals surface area contributed by atoms with Crippen molar-refractivity contribution in [2.75, 3.05) is 0 Å². The van der Waals surface area contributed by atoms with Crippen LogP contribution in [0, 0.1) is 0 Å². The van der Waals surface area contributed by atoms with Crippen LogP contribution in [0.3, 0.4) is 0 Å². The minimum Gasteiger partial charge on any atom is -0.326 e. The molecule has 1 atom stereocenters. The zero-order chi connectivity index (χ0) is 29.4. The van der Waals surface area contributed by atoms with E-state index in [1.165, 1.54) is 193 Å². The highest BCUT2D eigenvalue weighted by molar-refractivity contribution is 4.94. The summed E-state index contributed by atoms with van der Waals surface area (Å²) in [7, 11) is 0. The van der Waals surface area contributed by atoms with Gasteiger partial charge in [0.25, 0.3) is 0 Å². The number of nitrogens with two attached hydrogens (primary N) is 2. The van der Waals surface area contributed by atoms with Crippen LogP contribution < -0.4 is 11.5 Å². The maximum atomic E-state index is 7.15. The van der Waals surface area contributed by atoms with Gasteiger partial charge in [-0.3, -0.25) is 0 Å². The average molecular weight is 565 g/mol. The fraction of sp³-hybridized carbons (Fsp3) is 1.00. The highest BCUT2D eigenvalue weighted by Crippen LogP contribution is 2.27. The van der Waals surface area contributed by atoms with Gasteiger partial charge in [0.1, 0.15) is 0 Å². The summed E-state index contributed by atoms with van der Waals surface area (Å²) in [5.74, 6) is 0. The molecule has 1 unspecified atom stereocenters. The van der Waals surface area contributed by atoms with Crippen LogP contribution in [0.2, 0.25) is 0 Å². The van der Waals surface area contributed by atoms with Crippen LogP contribution in [0.15, 0.2) is 0 Å². The van der Waals surface area contributed by atoms with Crippen LogP contribution in [-0.2, 0) is 0 Å². The molecule has 0 saturated heterocycles. The number of rotatable bonds is 34. The van der Waals surface area contributed by atoms with Gasteiger partial charge < -0.3 is 11.5 Å². The van der Waals surface area contributed by atoms with Crippen LogP contribution in [0.25, 0.3) is 0 Å². The quantitative estimate of drug-likeness (QED) is 0.0763. The summed E-state index contributed by atoms with van der Waals surface area (Å²) >= 11 is 0. The van der Waals surface area contributed by atoms with Crippen LogP contribution >= 0.6 is 0 Å². The minimum atomic E-state index is -0.139. The van der Waals surface area contributed by atoms with E-state index in [1.807, 2.05) is 0 Å². The first-order valence-corrected chi connectivity index (χ1v) is 19.1. The van der Waals surface area contributed by atoms with Gasteiger partial charge in [0.15, 0.2) is 0 Å². The normalized spacial score (nSPS) is 12.8. The Morgan fingerprint density at radius 1 is 0.350 bits per heavy atom. The van der Waals surface area contributed by atoms with E-state index in [1.54, 1.807) is 0 Å². The molecular weight excluding hydrogens is 484 g/mol. The fourth-order valence-corrected chi connectivity index (χ4v) is 6.52. The Labute approximate surface area is 255 Å². The monoisotopic (exact) mass is 565 g/mol. The molecule has 0 spiro atoms. The molecule has 0 aromatic rings. The first kappa shape index (κ1) is 39.9. The van der Waals surface area contributed by atoms with Crippen molar-refractivity contribution < 1.29 is 0 Å². The SMILES string of the molecule is CCCCCCCCCCCCC(N)C(N)(CCCCCCCCCCCC)CCCCCCCCCCCC. The van der Waals surface area contributed by atoms with E-state index in [4.69, 9.17) is 11.5 Å². The third kappa shape index (κ3) is 26.8. The lowest BCUT2D eigenvalue weighted by atomic mass is 9.79. The zero-order valence-electron chi connectivity index (χ0n) is 28.6. The van der Waals surface area contributed by atoms with Gasteiger partial charge in [0, 0.05) is 11.6 Å². The molecule has 0 rings (SSSR count). The maximum Gasteiger partial charge on any atom is 0.0307 e. The second kappa shape index (κ2) is 31.8. The summed E-state index contributed by atoms with van der Waals surface area (Å²) in [6.07, 6.45) is 45.1. The van der Waals surface area contributed by atoms with Gasteiger partial charge in [-0.1, -0.05) is 213 Å². The lowest BCUT2D eigenvalue weighted by Gasteiger charge is -2.36. The number of hydrogen-bond donors (Lipinski definition) is 2. The summed E-state index contributed by atoms with van der Waals surface area (Å²) < 4.78 is 0. The predicted molar refractivity (Wildman–Crippen MR) is 184 cm³/mol. The smallest absolute Gasteiger partial charge is 0.0307 e. The molecule has 0 heterocycles. The molecule has 0 aliphatic carbocycles. The number of unbranched alkanes of at least 4 members (excludes halogenated alkanes) is 27. The topological polar surface area (TPSA) is 52.0 Å². The fourth-order valence-electron chi connectivity index (χ4n) is 6.52. The van der Waals surface area contributed by atoms with Crippen molar-refractivity contribution in [1.29, 1.82) is 0 Å². The third-order valence-electron chi connectivity index (χ3n) is 9.60. The van der Waals surface area contributed by atoms with Crippen molar-refractivity contribution in [1.82, 2.24) is 0 Å². The van der Waals surface area contributed by atoms with Gasteiger partial charge in [-0.15, -0.1) is 0 Å². The molecule has 242 valence electrons.